The van der Waals surface area contributed by atoms with Crippen LogP contribution in [0.4, 0.5) is 0 Å². The Bertz CT molecular complexity index is 572. The highest BCUT2D eigenvalue weighted by Gasteiger charge is 2.08. The fourth-order valence-electron chi connectivity index (χ4n) is 1.80. The average Bonchev–Trinajstić information content (AvgIpc) is 2.32. The highest BCUT2D eigenvalue weighted by molar-refractivity contribution is 14.1. The zero-order chi connectivity index (χ0) is 13.8. The molecule has 0 aromatic heterocycles. The smallest absolute Gasteiger partial charge is 0.131 e. The van der Waals surface area contributed by atoms with Gasteiger partial charge in [0.2, 0.25) is 0 Å². The topological polar surface area (TPSA) is 35.2 Å². The van der Waals surface area contributed by atoms with Crippen molar-refractivity contribution in [3.63, 3.8) is 0 Å². The van der Waals surface area contributed by atoms with Crippen LogP contribution in [0.15, 0.2) is 46.9 Å². The molecule has 2 aromatic rings. The molecule has 0 saturated carbocycles. The minimum Gasteiger partial charge on any atom is -0.457 e. The molecule has 1 unspecified atom stereocenters. The van der Waals surface area contributed by atoms with E-state index in [0.717, 1.165) is 31.5 Å². The molecule has 2 aromatic carbocycles. The van der Waals surface area contributed by atoms with Crippen LogP contribution in [0, 0.1) is 3.57 Å². The van der Waals surface area contributed by atoms with Gasteiger partial charge >= 0.3 is 0 Å². The summed E-state index contributed by atoms with van der Waals surface area (Å²) < 4.78 is 8.13. The first-order valence-electron chi connectivity index (χ1n) is 6.02. The number of nitrogens with two attached hydrogens (primary N) is 1. The molecule has 0 heterocycles. The summed E-state index contributed by atoms with van der Waals surface area (Å²) in [4.78, 5) is 0. The largest absolute Gasteiger partial charge is 0.457 e. The second-order valence-corrected chi connectivity index (χ2v) is 6.65. The van der Waals surface area contributed by atoms with E-state index >= 15 is 0 Å². The van der Waals surface area contributed by atoms with Gasteiger partial charge in [0.1, 0.15) is 11.5 Å². The van der Waals surface area contributed by atoms with Crippen molar-refractivity contribution in [1.82, 2.24) is 0 Å². The van der Waals surface area contributed by atoms with Gasteiger partial charge in [-0.25, -0.2) is 0 Å². The number of hydrogen-bond acceptors (Lipinski definition) is 2. The lowest BCUT2D eigenvalue weighted by molar-refractivity contribution is 0.473. The SMILES string of the molecule is CC(N)Cc1ccc(Br)cc1Oc1cccc(I)c1. The van der Waals surface area contributed by atoms with Gasteiger partial charge in [0, 0.05) is 14.1 Å². The zero-order valence-corrected chi connectivity index (χ0v) is 14.3. The van der Waals surface area contributed by atoms with E-state index in [-0.39, 0.29) is 6.04 Å². The van der Waals surface area contributed by atoms with Crippen molar-refractivity contribution in [2.75, 3.05) is 0 Å². The first-order valence-corrected chi connectivity index (χ1v) is 7.89. The highest BCUT2D eigenvalue weighted by Crippen LogP contribution is 2.30. The minimum absolute atomic E-state index is 0.111. The summed E-state index contributed by atoms with van der Waals surface area (Å²) in [5.41, 5.74) is 7.00. The fraction of sp³-hybridized carbons (Fsp3) is 0.200. The highest BCUT2D eigenvalue weighted by atomic mass is 127. The van der Waals surface area contributed by atoms with Crippen LogP contribution in [0.1, 0.15) is 12.5 Å². The fourth-order valence-corrected chi connectivity index (χ4v) is 2.65. The van der Waals surface area contributed by atoms with Crippen LogP contribution in [0.5, 0.6) is 11.5 Å². The molecule has 2 nitrogen and oxygen atoms in total. The maximum Gasteiger partial charge on any atom is 0.131 e. The Labute approximate surface area is 135 Å². The van der Waals surface area contributed by atoms with Crippen molar-refractivity contribution in [2.45, 2.75) is 19.4 Å². The molecular formula is C15H15BrINO. The number of hydrogen-bond donors (Lipinski definition) is 1. The Morgan fingerprint density at radius 1 is 1.26 bits per heavy atom. The number of benzene rings is 2. The number of ether oxygens (including phenoxy) is 1. The second kappa shape index (κ2) is 6.72. The third kappa shape index (κ3) is 4.47. The van der Waals surface area contributed by atoms with Gasteiger partial charge in [0.25, 0.3) is 0 Å². The Hall–Kier alpha value is -0.590. The van der Waals surface area contributed by atoms with E-state index in [1.807, 2.05) is 43.3 Å². The molecule has 19 heavy (non-hydrogen) atoms. The van der Waals surface area contributed by atoms with Gasteiger partial charge in [0.05, 0.1) is 0 Å². The quantitative estimate of drug-likeness (QED) is 0.710. The van der Waals surface area contributed by atoms with Crippen molar-refractivity contribution in [2.24, 2.45) is 5.73 Å². The maximum absolute atomic E-state index is 5.98. The molecule has 0 spiro atoms. The number of halogens is 2. The summed E-state index contributed by atoms with van der Waals surface area (Å²) in [6.45, 7) is 2.00. The van der Waals surface area contributed by atoms with E-state index in [4.69, 9.17) is 10.5 Å². The van der Waals surface area contributed by atoms with Gasteiger partial charge in [-0.3, -0.25) is 0 Å². The molecule has 0 bridgehead atoms. The summed E-state index contributed by atoms with van der Waals surface area (Å²) in [7, 11) is 0. The van der Waals surface area contributed by atoms with Crippen molar-refractivity contribution >= 4 is 38.5 Å². The first-order chi connectivity index (χ1) is 9.04. The van der Waals surface area contributed by atoms with Crippen LogP contribution >= 0.6 is 38.5 Å². The molecule has 0 fully saturated rings. The summed E-state index contributed by atoms with van der Waals surface area (Å²) in [5.74, 6) is 1.70. The molecular weight excluding hydrogens is 417 g/mol. The molecule has 2 rings (SSSR count). The van der Waals surface area contributed by atoms with E-state index < -0.39 is 0 Å². The normalized spacial score (nSPS) is 12.2. The van der Waals surface area contributed by atoms with Gasteiger partial charge in [0.15, 0.2) is 0 Å². The number of rotatable bonds is 4. The lowest BCUT2D eigenvalue weighted by Crippen LogP contribution is -2.18. The summed E-state index contributed by atoms with van der Waals surface area (Å²) in [5, 5.41) is 0. The van der Waals surface area contributed by atoms with Crippen molar-refractivity contribution in [3.05, 3.63) is 56.1 Å². The molecule has 0 saturated heterocycles. The van der Waals surface area contributed by atoms with Crippen LogP contribution in [0.3, 0.4) is 0 Å². The standard InChI is InChI=1S/C15H15BrINO/c1-10(18)7-11-5-6-12(16)8-15(11)19-14-4-2-3-13(17)9-14/h2-6,8-10H,7,18H2,1H3. The van der Waals surface area contributed by atoms with Crippen LogP contribution < -0.4 is 10.5 Å². The third-order valence-electron chi connectivity index (χ3n) is 2.59. The van der Waals surface area contributed by atoms with E-state index in [1.165, 1.54) is 0 Å². The van der Waals surface area contributed by atoms with Crippen LogP contribution in [-0.2, 0) is 6.42 Å². The van der Waals surface area contributed by atoms with Gasteiger partial charge in [-0.1, -0.05) is 28.1 Å². The Morgan fingerprint density at radius 3 is 2.74 bits per heavy atom. The summed E-state index contributed by atoms with van der Waals surface area (Å²) in [6.07, 6.45) is 0.798. The lowest BCUT2D eigenvalue weighted by atomic mass is 10.1. The summed E-state index contributed by atoms with van der Waals surface area (Å²) in [6, 6.07) is 14.2. The molecule has 0 radical (unpaired) electrons. The Morgan fingerprint density at radius 2 is 2.05 bits per heavy atom. The van der Waals surface area contributed by atoms with Gasteiger partial charge < -0.3 is 10.5 Å². The van der Waals surface area contributed by atoms with E-state index in [1.54, 1.807) is 0 Å². The predicted octanol–water partition coefficient (Wildman–Crippen LogP) is 4.74. The lowest BCUT2D eigenvalue weighted by Gasteiger charge is -2.13. The maximum atomic E-state index is 5.98. The molecule has 0 aliphatic heterocycles. The Balaban J connectivity index is 2.30. The van der Waals surface area contributed by atoms with Crippen LogP contribution in [-0.4, -0.2) is 6.04 Å². The van der Waals surface area contributed by atoms with Gasteiger partial charge in [-0.05, 0) is 71.8 Å². The zero-order valence-electron chi connectivity index (χ0n) is 10.6. The van der Waals surface area contributed by atoms with Gasteiger partial charge in [-0.2, -0.15) is 0 Å². The molecule has 4 heteroatoms. The van der Waals surface area contributed by atoms with Crippen molar-refractivity contribution in [3.8, 4) is 11.5 Å². The Kier molecular flexibility index (Phi) is 5.24. The molecule has 0 amide bonds. The molecule has 100 valence electrons. The van der Waals surface area contributed by atoms with Crippen molar-refractivity contribution in [1.29, 1.82) is 0 Å². The average molecular weight is 432 g/mol. The predicted molar refractivity (Wildman–Crippen MR) is 90.7 cm³/mol. The van der Waals surface area contributed by atoms with Crippen LogP contribution in [0.2, 0.25) is 0 Å². The van der Waals surface area contributed by atoms with E-state index in [2.05, 4.69) is 44.6 Å². The van der Waals surface area contributed by atoms with Crippen molar-refractivity contribution < 1.29 is 4.74 Å². The molecule has 1 atom stereocenters. The minimum atomic E-state index is 0.111. The second-order valence-electron chi connectivity index (χ2n) is 4.49. The third-order valence-corrected chi connectivity index (χ3v) is 3.76. The molecule has 0 aliphatic carbocycles. The molecule has 0 aliphatic rings. The van der Waals surface area contributed by atoms with Crippen LogP contribution in [0.25, 0.3) is 0 Å². The van der Waals surface area contributed by atoms with Gasteiger partial charge in [-0.15, -0.1) is 0 Å². The summed E-state index contributed by atoms with van der Waals surface area (Å²) >= 11 is 5.75. The van der Waals surface area contributed by atoms with E-state index in [0.29, 0.717) is 0 Å². The molecule has 2 N–H and O–H groups in total. The monoisotopic (exact) mass is 431 g/mol. The first kappa shape index (κ1) is 14.8. The van der Waals surface area contributed by atoms with E-state index in [9.17, 15) is 0 Å².